The Morgan fingerprint density at radius 2 is 1.67 bits per heavy atom. The molecule has 0 saturated heterocycles. The number of aromatic nitrogens is 2. The molecule has 0 radical (unpaired) electrons. The van der Waals surface area contributed by atoms with E-state index >= 15 is 0 Å². The fourth-order valence-electron chi connectivity index (χ4n) is 2.98. The Morgan fingerprint density at radius 3 is 2.48 bits per heavy atom. The second-order valence-corrected chi connectivity index (χ2v) is 5.24. The molecule has 2 aromatic carbocycles. The summed E-state index contributed by atoms with van der Waals surface area (Å²) in [5, 5.41) is 2.11. The number of para-hydroxylation sites is 2. The number of H-pyrrole nitrogens is 1. The molecule has 21 heavy (non-hydrogen) atoms. The summed E-state index contributed by atoms with van der Waals surface area (Å²) >= 11 is 0. The third kappa shape index (κ3) is 1.71. The summed E-state index contributed by atoms with van der Waals surface area (Å²) in [6.07, 6.45) is 2.03. The number of benzene rings is 2. The van der Waals surface area contributed by atoms with Crippen molar-refractivity contribution in [3.8, 4) is 5.69 Å². The highest BCUT2D eigenvalue weighted by Crippen LogP contribution is 2.27. The zero-order chi connectivity index (χ0) is 14.4. The molecule has 1 N–H and O–H groups in total. The lowest BCUT2D eigenvalue weighted by molar-refractivity contribution is 1.10. The molecular weight excluding hydrogens is 260 g/mol. The van der Waals surface area contributed by atoms with Gasteiger partial charge in [0, 0.05) is 28.2 Å². The van der Waals surface area contributed by atoms with Crippen molar-refractivity contribution in [2.75, 3.05) is 0 Å². The lowest BCUT2D eigenvalue weighted by Gasteiger charge is -2.05. The van der Waals surface area contributed by atoms with Crippen LogP contribution in [0.15, 0.2) is 65.6 Å². The quantitative estimate of drug-likeness (QED) is 0.563. The molecule has 4 aromatic rings. The first-order valence-corrected chi connectivity index (χ1v) is 6.94. The van der Waals surface area contributed by atoms with Crippen LogP contribution in [0.4, 0.5) is 0 Å². The van der Waals surface area contributed by atoms with Gasteiger partial charge in [0.25, 0.3) is 5.56 Å². The van der Waals surface area contributed by atoms with Crippen LogP contribution in [-0.4, -0.2) is 9.55 Å². The third-order valence-electron chi connectivity index (χ3n) is 3.89. The number of nitrogens with one attached hydrogen (secondary N) is 1. The van der Waals surface area contributed by atoms with E-state index in [2.05, 4.69) is 11.1 Å². The molecule has 2 aromatic heterocycles. The maximum absolute atomic E-state index is 12.5. The largest absolute Gasteiger partial charge is 0.320 e. The Morgan fingerprint density at radius 1 is 0.952 bits per heavy atom. The monoisotopic (exact) mass is 274 g/mol. The molecule has 0 unspecified atom stereocenters. The van der Waals surface area contributed by atoms with Crippen LogP contribution in [-0.2, 0) is 0 Å². The molecule has 0 spiro atoms. The molecule has 4 rings (SSSR count). The van der Waals surface area contributed by atoms with Gasteiger partial charge in [0.2, 0.25) is 0 Å². The molecule has 0 aliphatic carbocycles. The fourth-order valence-corrected chi connectivity index (χ4v) is 2.98. The summed E-state index contributed by atoms with van der Waals surface area (Å²) in [7, 11) is 0. The van der Waals surface area contributed by atoms with Crippen molar-refractivity contribution in [2.24, 2.45) is 0 Å². The van der Waals surface area contributed by atoms with Crippen LogP contribution in [0.5, 0.6) is 0 Å². The minimum atomic E-state index is -0.0550. The van der Waals surface area contributed by atoms with E-state index in [4.69, 9.17) is 0 Å². The number of hydrogen-bond acceptors (Lipinski definition) is 1. The molecule has 3 nitrogen and oxygen atoms in total. The zero-order valence-electron chi connectivity index (χ0n) is 11.6. The molecule has 0 bridgehead atoms. The summed E-state index contributed by atoms with van der Waals surface area (Å²) in [6.45, 7) is 2.05. The van der Waals surface area contributed by atoms with Gasteiger partial charge in [0.1, 0.15) is 5.52 Å². The molecule has 3 heteroatoms. The zero-order valence-corrected chi connectivity index (χ0v) is 11.6. The molecule has 0 fully saturated rings. The van der Waals surface area contributed by atoms with E-state index < -0.39 is 0 Å². The van der Waals surface area contributed by atoms with E-state index in [0.29, 0.717) is 5.52 Å². The minimum absolute atomic E-state index is 0.0550. The van der Waals surface area contributed by atoms with Gasteiger partial charge in [-0.2, -0.15) is 0 Å². The average molecular weight is 274 g/mol. The smallest absolute Gasteiger partial charge is 0.273 e. The maximum atomic E-state index is 12.5. The van der Waals surface area contributed by atoms with Gasteiger partial charge in [-0.3, -0.25) is 4.79 Å². The van der Waals surface area contributed by atoms with Crippen molar-refractivity contribution in [3.05, 3.63) is 76.7 Å². The summed E-state index contributed by atoms with van der Waals surface area (Å²) in [5.74, 6) is 0. The Kier molecular flexibility index (Phi) is 2.48. The summed E-state index contributed by atoms with van der Waals surface area (Å²) in [6, 6.07) is 17.9. The normalized spacial score (nSPS) is 11.3. The topological polar surface area (TPSA) is 37.8 Å². The average Bonchev–Trinajstić information content (AvgIpc) is 2.87. The van der Waals surface area contributed by atoms with E-state index in [1.165, 1.54) is 0 Å². The Hall–Kier alpha value is -2.81. The second kappa shape index (κ2) is 4.35. The van der Waals surface area contributed by atoms with Crippen LogP contribution in [0.1, 0.15) is 5.56 Å². The molecule has 0 aliphatic heterocycles. The predicted octanol–water partition coefficient (Wildman–Crippen LogP) is 3.78. The van der Waals surface area contributed by atoms with Gasteiger partial charge < -0.3 is 9.55 Å². The molecule has 0 aliphatic rings. The van der Waals surface area contributed by atoms with Gasteiger partial charge in [-0.1, -0.05) is 36.4 Å². The number of fused-ring (bicyclic) bond motifs is 3. The van der Waals surface area contributed by atoms with Gasteiger partial charge in [-0.15, -0.1) is 0 Å². The summed E-state index contributed by atoms with van der Waals surface area (Å²) in [4.78, 5) is 15.5. The van der Waals surface area contributed by atoms with Crippen LogP contribution in [0.2, 0.25) is 0 Å². The summed E-state index contributed by atoms with van der Waals surface area (Å²) < 4.78 is 1.97. The summed E-state index contributed by atoms with van der Waals surface area (Å²) in [5.41, 5.74) is 3.63. The van der Waals surface area contributed by atoms with Crippen LogP contribution in [0.3, 0.4) is 0 Å². The highest BCUT2D eigenvalue weighted by Gasteiger charge is 2.13. The second-order valence-electron chi connectivity index (χ2n) is 5.24. The van der Waals surface area contributed by atoms with Crippen molar-refractivity contribution >= 4 is 21.8 Å². The lowest BCUT2D eigenvalue weighted by atomic mass is 10.1. The molecule has 0 saturated carbocycles. The Bertz CT molecular complexity index is 1010. The first kappa shape index (κ1) is 12.0. The van der Waals surface area contributed by atoms with Crippen LogP contribution < -0.4 is 5.56 Å². The number of hydrogen-bond donors (Lipinski definition) is 1. The Labute approximate surface area is 121 Å². The standard InChI is InChI=1S/C18H14N2O/c1-12-11-20(13-7-3-2-4-8-13)17-16(12)14-9-5-6-10-15(14)19-18(17)21/h2-11H,1H3,(H,19,21). The number of aryl methyl sites for hydroxylation is 1. The first-order valence-electron chi connectivity index (χ1n) is 6.94. The maximum Gasteiger partial charge on any atom is 0.273 e. The molecule has 102 valence electrons. The van der Waals surface area contributed by atoms with Gasteiger partial charge in [0.05, 0.1) is 0 Å². The number of nitrogens with zero attached hydrogens (tertiary/aromatic N) is 1. The predicted molar refractivity (Wildman–Crippen MR) is 86.1 cm³/mol. The van der Waals surface area contributed by atoms with Gasteiger partial charge >= 0.3 is 0 Å². The Balaban J connectivity index is 2.22. The number of rotatable bonds is 1. The van der Waals surface area contributed by atoms with E-state index in [0.717, 1.165) is 27.5 Å². The van der Waals surface area contributed by atoms with Crippen LogP contribution in [0.25, 0.3) is 27.5 Å². The minimum Gasteiger partial charge on any atom is -0.320 e. The van der Waals surface area contributed by atoms with Crippen molar-refractivity contribution in [1.29, 1.82) is 0 Å². The van der Waals surface area contributed by atoms with E-state index in [1.54, 1.807) is 0 Å². The van der Waals surface area contributed by atoms with Crippen molar-refractivity contribution < 1.29 is 0 Å². The fraction of sp³-hybridized carbons (Fsp3) is 0.0556. The number of pyridine rings is 1. The molecular formula is C18H14N2O. The molecule has 0 amide bonds. The highest BCUT2D eigenvalue weighted by molar-refractivity contribution is 6.06. The van der Waals surface area contributed by atoms with E-state index in [9.17, 15) is 4.79 Å². The van der Waals surface area contributed by atoms with Gasteiger partial charge in [0.15, 0.2) is 0 Å². The van der Waals surface area contributed by atoms with Gasteiger partial charge in [-0.25, -0.2) is 0 Å². The van der Waals surface area contributed by atoms with E-state index in [1.807, 2.05) is 66.2 Å². The van der Waals surface area contributed by atoms with Crippen molar-refractivity contribution in [3.63, 3.8) is 0 Å². The van der Waals surface area contributed by atoms with E-state index in [-0.39, 0.29) is 5.56 Å². The van der Waals surface area contributed by atoms with Crippen LogP contribution >= 0.6 is 0 Å². The highest BCUT2D eigenvalue weighted by atomic mass is 16.1. The number of aromatic amines is 1. The SMILES string of the molecule is Cc1cn(-c2ccccc2)c2c(=O)[nH]c3ccccc3c12. The van der Waals surface area contributed by atoms with Crippen molar-refractivity contribution in [1.82, 2.24) is 9.55 Å². The van der Waals surface area contributed by atoms with Crippen LogP contribution in [0, 0.1) is 6.92 Å². The lowest BCUT2D eigenvalue weighted by Crippen LogP contribution is -2.10. The van der Waals surface area contributed by atoms with Gasteiger partial charge in [-0.05, 0) is 30.7 Å². The first-order chi connectivity index (χ1) is 10.3. The molecule has 0 atom stereocenters. The van der Waals surface area contributed by atoms with Crippen molar-refractivity contribution in [2.45, 2.75) is 6.92 Å². The third-order valence-corrected chi connectivity index (χ3v) is 3.89. The molecule has 2 heterocycles.